The summed E-state index contributed by atoms with van der Waals surface area (Å²) in [5.74, 6) is -0.452. The number of hydrogen-bond acceptors (Lipinski definition) is 9. The molecule has 6 atom stereocenters. The number of morpholine rings is 1. The zero-order chi connectivity index (χ0) is 21.8. The third-order valence-corrected chi connectivity index (χ3v) is 8.00. The highest BCUT2D eigenvalue weighted by molar-refractivity contribution is 7.91. The predicted octanol–water partition coefficient (Wildman–Crippen LogP) is -1.88. The van der Waals surface area contributed by atoms with Gasteiger partial charge < -0.3 is 9.64 Å². The number of fused-ring (bicyclic) bond motifs is 5. The largest absolute Gasteiger partial charge is 0.365 e. The molecule has 0 aliphatic carbocycles. The molecule has 2 amide bonds. The molecule has 0 aromatic heterocycles. The average molecular weight is 455 g/mol. The van der Waals surface area contributed by atoms with Crippen LogP contribution in [0.1, 0.15) is 25.7 Å². The summed E-state index contributed by atoms with van der Waals surface area (Å²) in [6.07, 6.45) is 7.33. The molecule has 5 heterocycles. The van der Waals surface area contributed by atoms with E-state index in [9.17, 15) is 18.0 Å². The Kier molecular flexibility index (Phi) is 5.55. The van der Waals surface area contributed by atoms with Crippen molar-refractivity contribution in [2.45, 2.75) is 55.8 Å². The minimum atomic E-state index is -3.39. The van der Waals surface area contributed by atoms with Crippen LogP contribution in [-0.4, -0.2) is 97.7 Å². The molecule has 6 unspecified atom stereocenters. The van der Waals surface area contributed by atoms with Gasteiger partial charge in [0.15, 0.2) is 15.3 Å². The van der Waals surface area contributed by atoms with Crippen molar-refractivity contribution in [2.24, 2.45) is 5.92 Å². The van der Waals surface area contributed by atoms with Crippen molar-refractivity contribution in [3.05, 3.63) is 12.2 Å². The molecule has 0 aromatic rings. The molecule has 11 nitrogen and oxygen atoms in total. The summed E-state index contributed by atoms with van der Waals surface area (Å²) >= 11 is 0. The number of sulfone groups is 1. The molecule has 5 rings (SSSR count). The van der Waals surface area contributed by atoms with E-state index in [1.54, 1.807) is 5.01 Å². The Balaban J connectivity index is 1.48. The monoisotopic (exact) mass is 454 g/mol. The number of ether oxygens (including phenoxy) is 1. The number of carbonyl (C=O) groups excluding carboxylic acids is 2. The number of carbonyl (C=O) groups is 2. The lowest BCUT2D eigenvalue weighted by molar-refractivity contribution is -0.176. The van der Waals surface area contributed by atoms with Crippen LogP contribution in [0.25, 0.3) is 0 Å². The van der Waals surface area contributed by atoms with E-state index in [1.807, 2.05) is 22.1 Å². The lowest BCUT2D eigenvalue weighted by Crippen LogP contribution is -2.72. The minimum absolute atomic E-state index is 0.0280. The van der Waals surface area contributed by atoms with E-state index in [0.29, 0.717) is 13.1 Å². The van der Waals surface area contributed by atoms with Crippen molar-refractivity contribution in [1.82, 2.24) is 30.9 Å². The molecular weight excluding hydrogens is 424 g/mol. The first-order valence-corrected chi connectivity index (χ1v) is 12.9. The summed E-state index contributed by atoms with van der Waals surface area (Å²) < 4.78 is 30.2. The van der Waals surface area contributed by atoms with Gasteiger partial charge >= 0.3 is 0 Å². The highest BCUT2D eigenvalue weighted by Gasteiger charge is 2.54. The quantitative estimate of drug-likeness (QED) is 0.391. The van der Waals surface area contributed by atoms with Crippen LogP contribution in [0.15, 0.2) is 12.2 Å². The second-order valence-electron chi connectivity index (χ2n) is 8.89. The molecule has 12 heteroatoms. The second kappa shape index (κ2) is 8.09. The molecule has 5 aliphatic heterocycles. The van der Waals surface area contributed by atoms with Gasteiger partial charge in [-0.05, 0) is 25.7 Å². The number of nitrogens with one attached hydrogen (secondary N) is 3. The van der Waals surface area contributed by atoms with Gasteiger partial charge in [0.25, 0.3) is 0 Å². The minimum Gasteiger partial charge on any atom is -0.365 e. The van der Waals surface area contributed by atoms with Crippen molar-refractivity contribution >= 4 is 21.7 Å². The summed E-state index contributed by atoms with van der Waals surface area (Å²) in [6, 6.07) is 0. The number of nitrogens with zero attached hydrogens (tertiary/aromatic N) is 3. The highest BCUT2D eigenvalue weighted by Crippen LogP contribution is 2.33. The van der Waals surface area contributed by atoms with Gasteiger partial charge in [-0.25, -0.2) is 8.42 Å². The Morgan fingerprint density at radius 3 is 2.77 bits per heavy atom. The van der Waals surface area contributed by atoms with E-state index in [2.05, 4.69) is 16.0 Å². The van der Waals surface area contributed by atoms with E-state index in [-0.39, 0.29) is 43.4 Å². The number of hydrazine groups is 1. The van der Waals surface area contributed by atoms with Crippen molar-refractivity contribution < 1.29 is 22.7 Å². The number of piperidine rings is 1. The van der Waals surface area contributed by atoms with Crippen LogP contribution in [0.4, 0.5) is 0 Å². The Hall–Kier alpha value is -1.57. The van der Waals surface area contributed by atoms with Crippen molar-refractivity contribution in [2.75, 3.05) is 32.5 Å². The number of amides is 2. The summed E-state index contributed by atoms with van der Waals surface area (Å²) in [5, 5.41) is 13.4. The molecule has 3 N–H and O–H groups in total. The fraction of sp³-hybridized carbons (Fsp3) is 0.789. The third kappa shape index (κ3) is 3.79. The van der Waals surface area contributed by atoms with Gasteiger partial charge in [-0.2, -0.15) is 5.01 Å². The van der Waals surface area contributed by atoms with Gasteiger partial charge in [0, 0.05) is 19.3 Å². The molecule has 0 spiro atoms. The third-order valence-electron chi connectivity index (χ3n) is 6.84. The molecule has 4 fully saturated rings. The summed E-state index contributed by atoms with van der Waals surface area (Å²) in [4.78, 5) is 27.7. The van der Waals surface area contributed by atoms with Crippen LogP contribution in [-0.2, 0) is 24.2 Å². The SMILES string of the molecule is CS(=O)(=O)C1NCC2C(=O)N3C/C=C\CCCN4C(=O)COC5CCC(NC54)N3C2N1. The van der Waals surface area contributed by atoms with Gasteiger partial charge in [-0.15, -0.1) is 0 Å². The van der Waals surface area contributed by atoms with Gasteiger partial charge in [0.1, 0.15) is 12.8 Å². The average Bonchev–Trinajstić information content (AvgIpc) is 3.01. The van der Waals surface area contributed by atoms with Crippen LogP contribution < -0.4 is 16.0 Å². The van der Waals surface area contributed by atoms with Crippen LogP contribution in [0.2, 0.25) is 0 Å². The molecule has 2 bridgehead atoms. The van der Waals surface area contributed by atoms with Gasteiger partial charge in [-0.1, -0.05) is 12.2 Å². The van der Waals surface area contributed by atoms with Gasteiger partial charge in [-0.3, -0.25) is 30.5 Å². The van der Waals surface area contributed by atoms with Gasteiger partial charge in [0.05, 0.1) is 30.9 Å². The molecular formula is C19H30N6O5S. The lowest BCUT2D eigenvalue weighted by atomic mass is 9.99. The van der Waals surface area contributed by atoms with Gasteiger partial charge in [0.2, 0.25) is 11.8 Å². The topological polar surface area (TPSA) is 123 Å². The molecule has 4 saturated heterocycles. The first-order valence-electron chi connectivity index (χ1n) is 10.9. The fourth-order valence-electron chi connectivity index (χ4n) is 5.33. The number of hydrogen-bond donors (Lipinski definition) is 3. The number of allylic oxidation sites excluding steroid dienone is 1. The summed E-state index contributed by atoms with van der Waals surface area (Å²) in [6.45, 7) is 1.48. The van der Waals surface area contributed by atoms with E-state index >= 15 is 0 Å². The maximum atomic E-state index is 13.3. The Labute approximate surface area is 182 Å². The summed E-state index contributed by atoms with van der Waals surface area (Å²) in [7, 11) is -3.39. The molecule has 0 radical (unpaired) electrons. The van der Waals surface area contributed by atoms with Crippen LogP contribution in [0.3, 0.4) is 0 Å². The van der Waals surface area contributed by atoms with E-state index < -0.39 is 27.4 Å². The van der Waals surface area contributed by atoms with Crippen molar-refractivity contribution in [3.8, 4) is 0 Å². The molecule has 0 saturated carbocycles. The van der Waals surface area contributed by atoms with Crippen LogP contribution >= 0.6 is 0 Å². The normalized spacial score (nSPS) is 40.5. The van der Waals surface area contributed by atoms with E-state index in [1.165, 1.54) is 6.26 Å². The van der Waals surface area contributed by atoms with Crippen LogP contribution in [0, 0.1) is 5.92 Å². The highest BCUT2D eigenvalue weighted by atomic mass is 32.2. The van der Waals surface area contributed by atoms with Crippen LogP contribution in [0.5, 0.6) is 0 Å². The summed E-state index contributed by atoms with van der Waals surface area (Å²) in [5.41, 5.74) is -0.911. The first kappa shape index (κ1) is 21.3. The smallest absolute Gasteiger partial charge is 0.249 e. The zero-order valence-corrected chi connectivity index (χ0v) is 18.4. The first-order chi connectivity index (χ1) is 14.8. The molecule has 0 aromatic carbocycles. The molecule has 5 aliphatic rings. The van der Waals surface area contributed by atoms with E-state index in [4.69, 9.17) is 4.74 Å². The zero-order valence-electron chi connectivity index (χ0n) is 17.6. The standard InChI is InChI=1S/C19H30N6O5S/c1-31(28,29)19-20-10-12-16(22-19)25-14-7-6-13-17(21-14)23(15(26)11-30-13)8-4-2-3-5-9-24(25)18(12)27/h3,5,12-14,16-17,19-22H,2,4,6-11H2,1H3/b5-3-. The predicted molar refractivity (Wildman–Crippen MR) is 110 cm³/mol. The Morgan fingerprint density at radius 1 is 1.13 bits per heavy atom. The van der Waals surface area contributed by atoms with E-state index in [0.717, 1.165) is 25.7 Å². The van der Waals surface area contributed by atoms with Crippen molar-refractivity contribution in [1.29, 1.82) is 0 Å². The Morgan fingerprint density at radius 2 is 1.97 bits per heavy atom. The lowest BCUT2D eigenvalue weighted by Gasteiger charge is -2.50. The van der Waals surface area contributed by atoms with Crippen molar-refractivity contribution in [3.63, 3.8) is 0 Å². The molecule has 172 valence electrons. The fourth-order valence-corrected chi connectivity index (χ4v) is 6.11. The Bertz CT molecular complexity index is 881. The maximum Gasteiger partial charge on any atom is 0.249 e. The second-order valence-corrected chi connectivity index (χ2v) is 11.0. The number of rotatable bonds is 1. The maximum absolute atomic E-state index is 13.3. The molecule has 31 heavy (non-hydrogen) atoms.